The number of hydrogen-bond donors (Lipinski definition) is 2. The van der Waals surface area contributed by atoms with Gasteiger partial charge in [0.25, 0.3) is 5.78 Å². The standard InChI is InChI=1S/C13H15N5O/c1-9-4-2-3-5-11(9)19-8-12-16-13-15-10(6-14)7-18(13)17-12/h2-5,7H,6,8,14H2,1H3,(H,15,16,17). The zero-order chi connectivity index (χ0) is 13.2. The number of aromatic nitrogens is 4. The lowest BCUT2D eigenvalue weighted by Gasteiger charge is -2.06. The summed E-state index contributed by atoms with van der Waals surface area (Å²) in [6, 6.07) is 7.88. The quantitative estimate of drug-likeness (QED) is 0.740. The van der Waals surface area contributed by atoms with Gasteiger partial charge in [-0.05, 0) is 18.6 Å². The second-order valence-electron chi connectivity index (χ2n) is 4.33. The van der Waals surface area contributed by atoms with E-state index in [1.54, 1.807) is 4.52 Å². The van der Waals surface area contributed by atoms with Crippen molar-refractivity contribution in [2.45, 2.75) is 20.1 Å². The molecule has 2 aromatic heterocycles. The van der Waals surface area contributed by atoms with Crippen LogP contribution in [0, 0.1) is 6.92 Å². The van der Waals surface area contributed by atoms with Crippen LogP contribution in [0.25, 0.3) is 5.78 Å². The van der Waals surface area contributed by atoms with E-state index in [9.17, 15) is 0 Å². The molecule has 19 heavy (non-hydrogen) atoms. The monoisotopic (exact) mass is 257 g/mol. The maximum absolute atomic E-state index is 5.72. The maximum Gasteiger partial charge on any atom is 0.251 e. The van der Waals surface area contributed by atoms with Crippen molar-refractivity contribution < 1.29 is 4.74 Å². The Morgan fingerprint density at radius 3 is 2.89 bits per heavy atom. The average molecular weight is 257 g/mol. The second kappa shape index (κ2) is 4.74. The van der Waals surface area contributed by atoms with Crippen molar-refractivity contribution in [3.63, 3.8) is 0 Å². The van der Waals surface area contributed by atoms with E-state index >= 15 is 0 Å². The first kappa shape index (κ1) is 11.7. The molecule has 0 spiro atoms. The van der Waals surface area contributed by atoms with Crippen LogP contribution in [0.4, 0.5) is 0 Å². The molecule has 98 valence electrons. The molecule has 2 heterocycles. The van der Waals surface area contributed by atoms with Crippen molar-refractivity contribution in [3.8, 4) is 5.75 Å². The van der Waals surface area contributed by atoms with E-state index in [2.05, 4.69) is 15.1 Å². The highest BCUT2D eigenvalue weighted by Gasteiger charge is 2.07. The summed E-state index contributed by atoms with van der Waals surface area (Å²) in [4.78, 5) is 8.61. The van der Waals surface area contributed by atoms with Gasteiger partial charge in [0.05, 0.1) is 11.9 Å². The van der Waals surface area contributed by atoms with Crippen molar-refractivity contribution in [2.24, 2.45) is 5.73 Å². The number of nitrogens with two attached hydrogens (primary N) is 1. The Kier molecular flexibility index (Phi) is 2.92. The average Bonchev–Trinajstić information content (AvgIpc) is 2.95. The topological polar surface area (TPSA) is 81.2 Å². The van der Waals surface area contributed by atoms with Crippen LogP contribution in [0.15, 0.2) is 30.5 Å². The van der Waals surface area contributed by atoms with Crippen LogP contribution in [-0.2, 0) is 13.2 Å². The number of nitrogens with zero attached hydrogens (tertiary/aromatic N) is 3. The highest BCUT2D eigenvalue weighted by atomic mass is 16.5. The minimum atomic E-state index is 0.381. The lowest BCUT2D eigenvalue weighted by molar-refractivity contribution is 0.294. The number of fused-ring (bicyclic) bond motifs is 1. The summed E-state index contributed by atoms with van der Waals surface area (Å²) in [6.07, 6.45) is 1.83. The van der Waals surface area contributed by atoms with Gasteiger partial charge in [-0.15, -0.1) is 0 Å². The van der Waals surface area contributed by atoms with Gasteiger partial charge in [0.15, 0.2) is 5.82 Å². The minimum absolute atomic E-state index is 0.381. The first-order chi connectivity index (χ1) is 9.26. The van der Waals surface area contributed by atoms with E-state index in [0.717, 1.165) is 22.8 Å². The Morgan fingerprint density at radius 2 is 2.16 bits per heavy atom. The number of H-pyrrole nitrogens is 1. The molecule has 0 aliphatic rings. The number of para-hydroxylation sites is 1. The van der Waals surface area contributed by atoms with Gasteiger partial charge < -0.3 is 10.5 Å². The van der Waals surface area contributed by atoms with Gasteiger partial charge in [-0.1, -0.05) is 18.2 Å². The normalized spacial score (nSPS) is 11.1. The molecule has 3 rings (SSSR count). The summed E-state index contributed by atoms with van der Waals surface area (Å²) < 4.78 is 7.47. The number of benzene rings is 1. The molecular weight excluding hydrogens is 242 g/mol. The molecule has 1 aromatic carbocycles. The van der Waals surface area contributed by atoms with Crippen molar-refractivity contribution in [2.75, 3.05) is 0 Å². The Bertz CT molecular complexity index is 668. The molecule has 0 bridgehead atoms. The fraction of sp³-hybridized carbons (Fsp3) is 0.231. The Hall–Kier alpha value is -2.34. The van der Waals surface area contributed by atoms with Crippen LogP contribution in [0.1, 0.15) is 17.1 Å². The van der Waals surface area contributed by atoms with Crippen molar-refractivity contribution >= 4 is 5.78 Å². The molecule has 3 aromatic rings. The summed E-state index contributed by atoms with van der Waals surface area (Å²) in [6.45, 7) is 2.80. The molecule has 0 atom stereocenters. The summed E-state index contributed by atoms with van der Waals surface area (Å²) in [5.74, 6) is 2.21. The summed E-state index contributed by atoms with van der Waals surface area (Å²) in [7, 11) is 0. The first-order valence-electron chi connectivity index (χ1n) is 6.07. The number of hydrogen-bond acceptors (Lipinski definition) is 4. The minimum Gasteiger partial charge on any atom is -0.485 e. The van der Waals surface area contributed by atoms with Gasteiger partial charge in [0.2, 0.25) is 0 Å². The molecular formula is C13H15N5O. The van der Waals surface area contributed by atoms with Crippen LogP contribution < -0.4 is 10.5 Å². The van der Waals surface area contributed by atoms with Crippen LogP contribution in [-0.4, -0.2) is 19.6 Å². The zero-order valence-electron chi connectivity index (χ0n) is 10.6. The first-order valence-corrected chi connectivity index (χ1v) is 6.07. The molecule has 6 nitrogen and oxygen atoms in total. The summed E-state index contributed by atoms with van der Waals surface area (Å²) in [5, 5.41) is 3.10. The third kappa shape index (κ3) is 2.30. The number of aromatic amines is 1. The van der Waals surface area contributed by atoms with E-state index < -0.39 is 0 Å². The van der Waals surface area contributed by atoms with E-state index in [-0.39, 0.29) is 0 Å². The second-order valence-corrected chi connectivity index (χ2v) is 4.33. The third-order valence-corrected chi connectivity index (χ3v) is 2.89. The number of imidazole rings is 1. The molecule has 0 saturated heterocycles. The van der Waals surface area contributed by atoms with E-state index in [0.29, 0.717) is 18.9 Å². The van der Waals surface area contributed by atoms with Gasteiger partial charge in [-0.3, -0.25) is 5.10 Å². The largest absolute Gasteiger partial charge is 0.485 e. The molecule has 0 fully saturated rings. The Morgan fingerprint density at radius 1 is 1.32 bits per heavy atom. The van der Waals surface area contributed by atoms with Gasteiger partial charge in [0.1, 0.15) is 12.4 Å². The molecule has 0 radical (unpaired) electrons. The summed E-state index contributed by atoms with van der Waals surface area (Å²) >= 11 is 0. The summed E-state index contributed by atoms with van der Waals surface area (Å²) in [5.41, 5.74) is 7.43. The SMILES string of the molecule is Cc1ccccc1OCc1nc2nc(CN)cn2[nH]1. The van der Waals surface area contributed by atoms with Crippen LogP contribution in [0.2, 0.25) is 0 Å². The van der Waals surface area contributed by atoms with E-state index in [1.807, 2.05) is 37.4 Å². The predicted molar refractivity (Wildman–Crippen MR) is 70.7 cm³/mol. The molecule has 0 unspecified atom stereocenters. The molecule has 6 heteroatoms. The molecule has 0 amide bonds. The maximum atomic E-state index is 5.72. The van der Waals surface area contributed by atoms with Crippen molar-refractivity contribution in [1.82, 2.24) is 19.6 Å². The van der Waals surface area contributed by atoms with Gasteiger partial charge in [-0.25, -0.2) is 9.50 Å². The number of ether oxygens (including phenoxy) is 1. The Balaban J connectivity index is 1.75. The van der Waals surface area contributed by atoms with Gasteiger partial charge in [0, 0.05) is 6.54 Å². The molecule has 0 aliphatic carbocycles. The fourth-order valence-electron chi connectivity index (χ4n) is 1.89. The number of rotatable bonds is 4. The molecule has 0 aliphatic heterocycles. The van der Waals surface area contributed by atoms with Crippen molar-refractivity contribution in [1.29, 1.82) is 0 Å². The van der Waals surface area contributed by atoms with Crippen LogP contribution in [0.3, 0.4) is 0 Å². The highest BCUT2D eigenvalue weighted by molar-refractivity contribution is 5.32. The highest BCUT2D eigenvalue weighted by Crippen LogP contribution is 2.17. The van der Waals surface area contributed by atoms with Crippen LogP contribution >= 0.6 is 0 Å². The lowest BCUT2D eigenvalue weighted by atomic mass is 10.2. The molecule has 3 N–H and O–H groups in total. The number of aryl methyl sites for hydroxylation is 1. The smallest absolute Gasteiger partial charge is 0.251 e. The van der Waals surface area contributed by atoms with E-state index in [1.165, 1.54) is 0 Å². The Labute approximate surface area is 110 Å². The van der Waals surface area contributed by atoms with Crippen LogP contribution in [0.5, 0.6) is 5.75 Å². The predicted octanol–water partition coefficient (Wildman–Crippen LogP) is 1.40. The van der Waals surface area contributed by atoms with Gasteiger partial charge in [-0.2, -0.15) is 4.98 Å². The third-order valence-electron chi connectivity index (χ3n) is 2.89. The van der Waals surface area contributed by atoms with Gasteiger partial charge >= 0.3 is 0 Å². The zero-order valence-corrected chi connectivity index (χ0v) is 10.6. The molecule has 0 saturated carbocycles. The lowest BCUT2D eigenvalue weighted by Crippen LogP contribution is -2.00. The van der Waals surface area contributed by atoms with Crippen molar-refractivity contribution in [3.05, 3.63) is 47.5 Å². The fourth-order valence-corrected chi connectivity index (χ4v) is 1.89. The number of nitrogens with one attached hydrogen (secondary N) is 1. The van der Waals surface area contributed by atoms with E-state index in [4.69, 9.17) is 10.5 Å².